The van der Waals surface area contributed by atoms with Crippen LogP contribution in [0.25, 0.3) is 0 Å². The standard InChI is InChI=1S/C18H26FNO/c1-2-4-13-5-3-9-18(10-8-13)12-16(20)15-11-14(19)6-7-17(15)21-18/h6-7,11,13,16H,2-5,8-10,12,20H2,1H3/t13?,16-,18?/m0/s1. The first-order valence-electron chi connectivity index (χ1n) is 8.36. The van der Waals surface area contributed by atoms with Crippen molar-refractivity contribution in [2.75, 3.05) is 0 Å². The highest BCUT2D eigenvalue weighted by Gasteiger charge is 2.41. The molecule has 21 heavy (non-hydrogen) atoms. The van der Waals surface area contributed by atoms with E-state index in [-0.39, 0.29) is 17.5 Å². The minimum atomic E-state index is -0.229. The highest BCUT2D eigenvalue weighted by molar-refractivity contribution is 5.39. The highest BCUT2D eigenvalue weighted by Crippen LogP contribution is 2.45. The van der Waals surface area contributed by atoms with Crippen molar-refractivity contribution < 1.29 is 9.13 Å². The van der Waals surface area contributed by atoms with E-state index >= 15 is 0 Å². The Bertz CT molecular complexity index is 504. The molecule has 0 bridgehead atoms. The Morgan fingerprint density at radius 2 is 2.19 bits per heavy atom. The zero-order valence-corrected chi connectivity index (χ0v) is 12.9. The quantitative estimate of drug-likeness (QED) is 0.855. The maximum absolute atomic E-state index is 13.4. The van der Waals surface area contributed by atoms with Crippen molar-refractivity contribution in [3.05, 3.63) is 29.6 Å². The summed E-state index contributed by atoms with van der Waals surface area (Å²) < 4.78 is 19.7. The van der Waals surface area contributed by atoms with Gasteiger partial charge < -0.3 is 10.5 Å². The average molecular weight is 291 g/mol. The second-order valence-electron chi connectivity index (χ2n) is 6.86. The van der Waals surface area contributed by atoms with E-state index in [1.807, 2.05) is 0 Å². The molecule has 1 saturated carbocycles. The van der Waals surface area contributed by atoms with Crippen molar-refractivity contribution in [2.24, 2.45) is 11.7 Å². The molecule has 3 rings (SSSR count). The summed E-state index contributed by atoms with van der Waals surface area (Å²) >= 11 is 0. The fourth-order valence-corrected chi connectivity index (χ4v) is 4.14. The van der Waals surface area contributed by atoms with Crippen LogP contribution in [0.1, 0.15) is 69.9 Å². The van der Waals surface area contributed by atoms with E-state index in [1.54, 1.807) is 6.07 Å². The molecule has 2 N–H and O–H groups in total. The summed E-state index contributed by atoms with van der Waals surface area (Å²) in [7, 11) is 0. The van der Waals surface area contributed by atoms with Gasteiger partial charge in [0.25, 0.3) is 0 Å². The number of ether oxygens (including phenoxy) is 1. The predicted molar refractivity (Wildman–Crippen MR) is 82.8 cm³/mol. The molecular formula is C18H26FNO. The average Bonchev–Trinajstić information content (AvgIpc) is 2.64. The van der Waals surface area contributed by atoms with Gasteiger partial charge in [0.1, 0.15) is 17.2 Å². The van der Waals surface area contributed by atoms with Crippen molar-refractivity contribution in [1.29, 1.82) is 0 Å². The molecular weight excluding hydrogens is 265 g/mol. The van der Waals surface area contributed by atoms with Gasteiger partial charge in [0.05, 0.1) is 0 Å². The summed E-state index contributed by atoms with van der Waals surface area (Å²) in [5.41, 5.74) is 7.03. The zero-order valence-electron chi connectivity index (χ0n) is 12.9. The molecule has 1 aliphatic carbocycles. The fourth-order valence-electron chi connectivity index (χ4n) is 4.14. The van der Waals surface area contributed by atoms with Gasteiger partial charge in [-0.3, -0.25) is 0 Å². The van der Waals surface area contributed by atoms with Crippen LogP contribution in [0.15, 0.2) is 18.2 Å². The third kappa shape index (κ3) is 3.08. The summed E-state index contributed by atoms with van der Waals surface area (Å²) in [4.78, 5) is 0. The third-order valence-electron chi connectivity index (χ3n) is 5.24. The zero-order chi connectivity index (χ0) is 14.9. The molecule has 1 aliphatic heterocycles. The smallest absolute Gasteiger partial charge is 0.125 e. The van der Waals surface area contributed by atoms with Crippen LogP contribution in [0.5, 0.6) is 5.75 Å². The van der Waals surface area contributed by atoms with E-state index in [1.165, 1.54) is 44.2 Å². The van der Waals surface area contributed by atoms with Crippen LogP contribution in [0.3, 0.4) is 0 Å². The molecule has 0 saturated heterocycles. The molecule has 116 valence electrons. The van der Waals surface area contributed by atoms with Gasteiger partial charge in [-0.2, -0.15) is 0 Å². The van der Waals surface area contributed by atoms with Crippen LogP contribution in [0.2, 0.25) is 0 Å². The lowest BCUT2D eigenvalue weighted by molar-refractivity contribution is 0.0201. The van der Waals surface area contributed by atoms with Gasteiger partial charge in [0, 0.05) is 18.0 Å². The molecule has 2 unspecified atom stereocenters. The molecule has 0 amide bonds. The Labute approximate surface area is 126 Å². The van der Waals surface area contributed by atoms with Crippen LogP contribution in [-0.4, -0.2) is 5.60 Å². The molecule has 2 aliphatic rings. The lowest BCUT2D eigenvalue weighted by atomic mass is 9.82. The molecule has 0 radical (unpaired) electrons. The first-order chi connectivity index (χ1) is 10.1. The normalized spacial score (nSPS) is 32.3. The first kappa shape index (κ1) is 14.8. The molecule has 2 nitrogen and oxygen atoms in total. The van der Waals surface area contributed by atoms with Gasteiger partial charge in [-0.15, -0.1) is 0 Å². The van der Waals surface area contributed by atoms with Crippen molar-refractivity contribution >= 4 is 0 Å². The molecule has 1 aromatic rings. The number of halogens is 1. The van der Waals surface area contributed by atoms with E-state index in [4.69, 9.17) is 10.5 Å². The first-order valence-corrected chi connectivity index (χ1v) is 8.36. The summed E-state index contributed by atoms with van der Waals surface area (Å²) in [6.07, 6.45) is 9.34. The molecule has 3 heteroatoms. The molecule has 1 spiro atoms. The monoisotopic (exact) mass is 291 g/mol. The minimum absolute atomic E-state index is 0.104. The Hall–Kier alpha value is -1.09. The van der Waals surface area contributed by atoms with Gasteiger partial charge in [-0.05, 0) is 49.8 Å². The van der Waals surface area contributed by atoms with Gasteiger partial charge in [0.2, 0.25) is 0 Å². The van der Waals surface area contributed by atoms with Crippen LogP contribution >= 0.6 is 0 Å². The molecule has 1 fully saturated rings. The second-order valence-corrected chi connectivity index (χ2v) is 6.86. The Balaban J connectivity index is 1.79. The summed E-state index contributed by atoms with van der Waals surface area (Å²) in [6, 6.07) is 4.65. The Morgan fingerprint density at radius 3 is 3.00 bits per heavy atom. The van der Waals surface area contributed by atoms with E-state index in [9.17, 15) is 4.39 Å². The predicted octanol–water partition coefficient (Wildman–Crippen LogP) is 4.73. The van der Waals surface area contributed by atoms with Crippen LogP contribution in [0, 0.1) is 11.7 Å². The van der Waals surface area contributed by atoms with Crippen LogP contribution in [-0.2, 0) is 0 Å². The fraction of sp³-hybridized carbons (Fsp3) is 0.667. The second kappa shape index (κ2) is 5.96. The topological polar surface area (TPSA) is 35.2 Å². The maximum Gasteiger partial charge on any atom is 0.125 e. The maximum atomic E-state index is 13.4. The van der Waals surface area contributed by atoms with Gasteiger partial charge in [-0.1, -0.05) is 26.2 Å². The van der Waals surface area contributed by atoms with Crippen molar-refractivity contribution in [3.63, 3.8) is 0 Å². The number of fused-ring (bicyclic) bond motifs is 1. The lowest BCUT2D eigenvalue weighted by Crippen LogP contribution is -2.42. The highest BCUT2D eigenvalue weighted by atomic mass is 19.1. The van der Waals surface area contributed by atoms with Crippen molar-refractivity contribution in [3.8, 4) is 5.75 Å². The molecule has 1 heterocycles. The minimum Gasteiger partial charge on any atom is -0.487 e. The summed E-state index contributed by atoms with van der Waals surface area (Å²) in [6.45, 7) is 2.26. The lowest BCUT2D eigenvalue weighted by Gasteiger charge is -2.41. The molecule has 3 atom stereocenters. The Kier molecular flexibility index (Phi) is 4.21. The Morgan fingerprint density at radius 1 is 1.33 bits per heavy atom. The third-order valence-corrected chi connectivity index (χ3v) is 5.24. The van der Waals surface area contributed by atoms with Gasteiger partial charge in [0.15, 0.2) is 0 Å². The number of nitrogens with two attached hydrogens (primary N) is 1. The van der Waals surface area contributed by atoms with Gasteiger partial charge in [-0.25, -0.2) is 4.39 Å². The van der Waals surface area contributed by atoms with E-state index < -0.39 is 0 Å². The van der Waals surface area contributed by atoms with Crippen LogP contribution in [0.4, 0.5) is 4.39 Å². The van der Waals surface area contributed by atoms with Crippen molar-refractivity contribution in [2.45, 2.75) is 69.9 Å². The number of hydrogen-bond donors (Lipinski definition) is 1. The summed E-state index contributed by atoms with van der Waals surface area (Å²) in [5.74, 6) is 1.40. The van der Waals surface area contributed by atoms with Crippen molar-refractivity contribution in [1.82, 2.24) is 0 Å². The summed E-state index contributed by atoms with van der Waals surface area (Å²) in [5, 5.41) is 0. The van der Waals surface area contributed by atoms with E-state index in [0.29, 0.717) is 0 Å². The number of rotatable bonds is 2. The van der Waals surface area contributed by atoms with Gasteiger partial charge >= 0.3 is 0 Å². The largest absolute Gasteiger partial charge is 0.487 e. The molecule has 0 aromatic heterocycles. The number of benzene rings is 1. The molecule has 1 aromatic carbocycles. The number of hydrogen-bond acceptors (Lipinski definition) is 2. The SMILES string of the molecule is CCCC1CCCC2(CC1)C[C@H](N)c1cc(F)ccc1O2. The van der Waals surface area contributed by atoms with E-state index in [2.05, 4.69) is 6.92 Å². The van der Waals surface area contributed by atoms with E-state index in [0.717, 1.165) is 36.5 Å². The van der Waals surface area contributed by atoms with Crippen LogP contribution < -0.4 is 10.5 Å².